The molecule has 0 heterocycles. The summed E-state index contributed by atoms with van der Waals surface area (Å²) >= 11 is 0. The molecule has 0 radical (unpaired) electrons. The topological polar surface area (TPSA) is 54.9 Å². The standard InChI is InChI=1S/C21H26F3N3O2.HI/c1-25-20(26-11-16-3-7-18(8-4-16)13-28-2)27-12-17-5-9-19(10-6-17)14-29-15-21(22,23)24;/h3-10H,11-15H2,1-2H3,(H2,25,26,27);1H. The molecule has 0 aromatic heterocycles. The van der Waals surface area contributed by atoms with Crippen LogP contribution < -0.4 is 10.6 Å². The Bertz CT molecular complexity index is 767. The highest BCUT2D eigenvalue weighted by Gasteiger charge is 2.27. The third kappa shape index (κ3) is 10.3. The van der Waals surface area contributed by atoms with E-state index in [0.29, 0.717) is 31.2 Å². The molecule has 2 aromatic carbocycles. The fraction of sp³-hybridized carbons (Fsp3) is 0.381. The molecule has 5 nitrogen and oxygen atoms in total. The van der Waals surface area contributed by atoms with E-state index in [1.807, 2.05) is 36.4 Å². The number of nitrogens with zero attached hydrogens (tertiary/aromatic N) is 1. The van der Waals surface area contributed by atoms with Crippen LogP contribution in [0.15, 0.2) is 53.5 Å². The van der Waals surface area contributed by atoms with Gasteiger partial charge in [-0.25, -0.2) is 0 Å². The molecule has 0 saturated heterocycles. The van der Waals surface area contributed by atoms with E-state index in [2.05, 4.69) is 20.4 Å². The monoisotopic (exact) mass is 537 g/mol. The van der Waals surface area contributed by atoms with Crippen molar-refractivity contribution in [1.82, 2.24) is 10.6 Å². The molecule has 0 aliphatic heterocycles. The molecule has 0 bridgehead atoms. The number of aliphatic imine (C=N–C) groups is 1. The summed E-state index contributed by atoms with van der Waals surface area (Å²) in [4.78, 5) is 4.19. The van der Waals surface area contributed by atoms with Crippen LogP contribution in [0.4, 0.5) is 13.2 Å². The highest BCUT2D eigenvalue weighted by atomic mass is 127. The average Bonchev–Trinajstić information content (AvgIpc) is 2.69. The molecule has 0 atom stereocenters. The minimum atomic E-state index is -4.31. The van der Waals surface area contributed by atoms with Crippen LogP contribution in [-0.4, -0.2) is 32.9 Å². The minimum Gasteiger partial charge on any atom is -0.380 e. The Morgan fingerprint density at radius 3 is 1.67 bits per heavy atom. The molecule has 2 rings (SSSR count). The van der Waals surface area contributed by atoms with Crippen molar-refractivity contribution in [2.45, 2.75) is 32.5 Å². The first-order valence-electron chi connectivity index (χ1n) is 9.13. The minimum absolute atomic E-state index is 0. The number of halogens is 4. The average molecular weight is 537 g/mol. The van der Waals surface area contributed by atoms with Gasteiger partial charge in [-0.2, -0.15) is 13.2 Å². The number of hydrogen-bond acceptors (Lipinski definition) is 3. The zero-order valence-corrected chi connectivity index (χ0v) is 19.3. The van der Waals surface area contributed by atoms with E-state index in [0.717, 1.165) is 16.7 Å². The summed E-state index contributed by atoms with van der Waals surface area (Å²) in [5.74, 6) is 0.656. The molecule has 0 aliphatic carbocycles. The summed E-state index contributed by atoms with van der Waals surface area (Å²) < 4.78 is 46.0. The summed E-state index contributed by atoms with van der Waals surface area (Å²) in [5, 5.41) is 6.45. The number of benzene rings is 2. The van der Waals surface area contributed by atoms with Gasteiger partial charge in [0, 0.05) is 27.2 Å². The highest BCUT2D eigenvalue weighted by molar-refractivity contribution is 14.0. The Morgan fingerprint density at radius 1 is 0.833 bits per heavy atom. The van der Waals surface area contributed by atoms with Gasteiger partial charge >= 0.3 is 6.18 Å². The van der Waals surface area contributed by atoms with Gasteiger partial charge in [-0.3, -0.25) is 4.99 Å². The summed E-state index contributed by atoms with van der Waals surface area (Å²) in [7, 11) is 3.36. The van der Waals surface area contributed by atoms with Crippen molar-refractivity contribution in [3.63, 3.8) is 0 Å². The fourth-order valence-electron chi connectivity index (χ4n) is 2.55. The zero-order valence-electron chi connectivity index (χ0n) is 17.0. The number of alkyl halides is 3. The van der Waals surface area contributed by atoms with E-state index in [1.54, 1.807) is 26.3 Å². The molecule has 0 saturated carbocycles. The SMILES string of the molecule is CN=C(NCc1ccc(COC)cc1)NCc1ccc(COCC(F)(F)F)cc1.I. The van der Waals surface area contributed by atoms with Crippen LogP contribution in [0.5, 0.6) is 0 Å². The Hall–Kier alpha value is -1.85. The number of ether oxygens (including phenoxy) is 2. The molecule has 0 unspecified atom stereocenters. The lowest BCUT2D eigenvalue weighted by Crippen LogP contribution is -2.36. The second-order valence-electron chi connectivity index (χ2n) is 6.45. The maximum absolute atomic E-state index is 12.1. The first-order valence-corrected chi connectivity index (χ1v) is 9.13. The summed E-state index contributed by atoms with van der Waals surface area (Å²) in [6, 6.07) is 15.3. The van der Waals surface area contributed by atoms with Crippen molar-refractivity contribution >= 4 is 29.9 Å². The fourth-order valence-corrected chi connectivity index (χ4v) is 2.55. The Morgan fingerprint density at radius 2 is 1.27 bits per heavy atom. The van der Waals surface area contributed by atoms with Crippen molar-refractivity contribution in [1.29, 1.82) is 0 Å². The molecular formula is C21H27F3IN3O2. The summed E-state index contributed by atoms with van der Waals surface area (Å²) in [6.07, 6.45) is -4.31. The van der Waals surface area contributed by atoms with Gasteiger partial charge in [0.05, 0.1) is 13.2 Å². The van der Waals surface area contributed by atoms with Crippen molar-refractivity contribution < 1.29 is 22.6 Å². The van der Waals surface area contributed by atoms with E-state index in [-0.39, 0.29) is 30.6 Å². The van der Waals surface area contributed by atoms with Gasteiger partial charge in [-0.05, 0) is 22.3 Å². The lowest BCUT2D eigenvalue weighted by Gasteiger charge is -2.13. The second kappa shape index (κ2) is 13.5. The highest BCUT2D eigenvalue weighted by Crippen LogP contribution is 2.15. The molecule has 0 aliphatic rings. The van der Waals surface area contributed by atoms with Gasteiger partial charge in [0.15, 0.2) is 5.96 Å². The summed E-state index contributed by atoms with van der Waals surface area (Å²) in [6.45, 7) is 0.440. The maximum Gasteiger partial charge on any atom is 0.411 e. The molecule has 0 fully saturated rings. The predicted octanol–water partition coefficient (Wildman–Crippen LogP) is 4.40. The smallest absolute Gasteiger partial charge is 0.380 e. The van der Waals surface area contributed by atoms with E-state index < -0.39 is 12.8 Å². The third-order valence-corrected chi connectivity index (χ3v) is 4.03. The number of rotatable bonds is 9. The van der Waals surface area contributed by atoms with Crippen LogP contribution in [0.3, 0.4) is 0 Å². The molecule has 30 heavy (non-hydrogen) atoms. The second-order valence-corrected chi connectivity index (χ2v) is 6.45. The van der Waals surface area contributed by atoms with Crippen LogP contribution in [0.1, 0.15) is 22.3 Å². The van der Waals surface area contributed by atoms with Gasteiger partial charge in [-0.15, -0.1) is 24.0 Å². The zero-order chi connectivity index (χ0) is 21.1. The number of guanidine groups is 1. The molecule has 9 heteroatoms. The van der Waals surface area contributed by atoms with Gasteiger partial charge in [0.1, 0.15) is 6.61 Å². The molecular weight excluding hydrogens is 510 g/mol. The lowest BCUT2D eigenvalue weighted by atomic mass is 10.1. The van der Waals surface area contributed by atoms with Crippen LogP contribution in [0.2, 0.25) is 0 Å². The number of hydrogen-bond donors (Lipinski definition) is 2. The van der Waals surface area contributed by atoms with Crippen LogP contribution in [0.25, 0.3) is 0 Å². The predicted molar refractivity (Wildman–Crippen MR) is 122 cm³/mol. The van der Waals surface area contributed by atoms with Crippen molar-refractivity contribution in [3.05, 3.63) is 70.8 Å². The van der Waals surface area contributed by atoms with Gasteiger partial charge < -0.3 is 20.1 Å². The Kier molecular flexibility index (Phi) is 11.7. The normalized spacial score (nSPS) is 11.7. The number of nitrogens with one attached hydrogen (secondary N) is 2. The van der Waals surface area contributed by atoms with Crippen LogP contribution >= 0.6 is 24.0 Å². The van der Waals surface area contributed by atoms with E-state index in [9.17, 15) is 13.2 Å². The molecule has 2 aromatic rings. The van der Waals surface area contributed by atoms with Gasteiger partial charge in [0.2, 0.25) is 0 Å². The maximum atomic E-state index is 12.1. The van der Waals surface area contributed by atoms with Gasteiger partial charge in [-0.1, -0.05) is 48.5 Å². The van der Waals surface area contributed by atoms with E-state index in [4.69, 9.17) is 4.74 Å². The Labute approximate surface area is 192 Å². The first kappa shape index (κ1) is 26.2. The van der Waals surface area contributed by atoms with Gasteiger partial charge in [0.25, 0.3) is 0 Å². The third-order valence-electron chi connectivity index (χ3n) is 4.03. The van der Waals surface area contributed by atoms with E-state index >= 15 is 0 Å². The first-order chi connectivity index (χ1) is 13.9. The molecule has 0 amide bonds. The van der Waals surface area contributed by atoms with Crippen molar-refractivity contribution in [2.75, 3.05) is 20.8 Å². The van der Waals surface area contributed by atoms with Crippen LogP contribution in [0, 0.1) is 0 Å². The molecule has 166 valence electrons. The Balaban J connectivity index is 0.00000450. The van der Waals surface area contributed by atoms with Crippen LogP contribution in [-0.2, 0) is 35.8 Å². The van der Waals surface area contributed by atoms with E-state index in [1.165, 1.54) is 0 Å². The van der Waals surface area contributed by atoms with Crippen molar-refractivity contribution in [3.8, 4) is 0 Å². The molecule has 0 spiro atoms. The summed E-state index contributed by atoms with van der Waals surface area (Å²) in [5.41, 5.74) is 3.91. The largest absolute Gasteiger partial charge is 0.411 e. The van der Waals surface area contributed by atoms with Crippen molar-refractivity contribution in [2.24, 2.45) is 4.99 Å². The molecule has 2 N–H and O–H groups in total. The number of methoxy groups -OCH3 is 1. The quantitative estimate of drug-likeness (QED) is 0.283. The lowest BCUT2D eigenvalue weighted by molar-refractivity contribution is -0.176.